The van der Waals surface area contributed by atoms with Crippen LogP contribution in [0, 0.1) is 0 Å². The van der Waals surface area contributed by atoms with E-state index >= 15 is 0 Å². The summed E-state index contributed by atoms with van der Waals surface area (Å²) >= 11 is 0. The van der Waals surface area contributed by atoms with Crippen LogP contribution < -0.4 is 10.4 Å². The maximum Gasteiger partial charge on any atom is 0.488 e. The summed E-state index contributed by atoms with van der Waals surface area (Å²) in [5.74, 6) is 1.77. The number of nitrogens with zero attached hydrogens (tertiary/aromatic N) is 6. The van der Waals surface area contributed by atoms with E-state index < -0.39 is 7.12 Å². The Morgan fingerprint density at radius 3 is 2.48 bits per heavy atom. The maximum atomic E-state index is 9.61. The van der Waals surface area contributed by atoms with E-state index in [4.69, 9.17) is 9.97 Å². The van der Waals surface area contributed by atoms with Crippen LogP contribution in [0.5, 0.6) is 0 Å². The van der Waals surface area contributed by atoms with Crippen LogP contribution in [0.15, 0.2) is 48.8 Å². The minimum Gasteiger partial charge on any atom is -0.423 e. The van der Waals surface area contributed by atoms with Gasteiger partial charge in [0.25, 0.3) is 0 Å². The number of aryl methyl sites for hydroxylation is 1. The summed E-state index contributed by atoms with van der Waals surface area (Å²) in [6.07, 6.45) is 6.23. The highest BCUT2D eigenvalue weighted by Gasteiger charge is 2.28. The molecule has 0 bridgehead atoms. The maximum absolute atomic E-state index is 9.61. The Labute approximate surface area is 193 Å². The first-order valence-electron chi connectivity index (χ1n) is 11.6. The topological polar surface area (TPSA) is 92.2 Å². The molecule has 170 valence electrons. The molecule has 0 unspecified atom stereocenters. The molecule has 2 atom stereocenters. The Hall–Kier alpha value is -3.17. The zero-order valence-corrected chi connectivity index (χ0v) is 19.3. The van der Waals surface area contributed by atoms with Crippen LogP contribution in [0.1, 0.15) is 39.3 Å². The lowest BCUT2D eigenvalue weighted by molar-refractivity contribution is 0.426. The molecule has 0 saturated carbocycles. The first-order chi connectivity index (χ1) is 15.9. The van der Waals surface area contributed by atoms with Gasteiger partial charge in [0.05, 0.1) is 23.3 Å². The number of hydrogen-bond donors (Lipinski definition) is 2. The van der Waals surface area contributed by atoms with E-state index in [-0.39, 0.29) is 0 Å². The first kappa shape index (κ1) is 21.7. The highest BCUT2D eigenvalue weighted by Crippen LogP contribution is 2.31. The van der Waals surface area contributed by atoms with Gasteiger partial charge in [-0.1, -0.05) is 6.07 Å². The molecule has 1 aromatic carbocycles. The van der Waals surface area contributed by atoms with Crippen LogP contribution in [-0.2, 0) is 13.1 Å². The number of benzene rings is 1. The summed E-state index contributed by atoms with van der Waals surface area (Å²) < 4.78 is 4.02. The average Bonchev–Trinajstić information content (AvgIpc) is 3.51. The quantitative estimate of drug-likeness (QED) is 0.444. The number of aromatic nitrogens is 5. The number of hydrogen-bond acceptors (Lipinski definition) is 6. The van der Waals surface area contributed by atoms with Gasteiger partial charge >= 0.3 is 7.12 Å². The molecule has 1 saturated heterocycles. The van der Waals surface area contributed by atoms with Crippen molar-refractivity contribution in [3.63, 3.8) is 0 Å². The fraction of sp³-hybridized carbons (Fsp3) is 0.375. The highest BCUT2D eigenvalue weighted by atomic mass is 16.4. The van der Waals surface area contributed by atoms with Crippen molar-refractivity contribution in [3.8, 4) is 11.4 Å². The Morgan fingerprint density at radius 2 is 1.85 bits per heavy atom. The van der Waals surface area contributed by atoms with Crippen LogP contribution in [0.25, 0.3) is 22.4 Å². The second kappa shape index (κ2) is 8.65. The number of fused-ring (bicyclic) bond motifs is 1. The fourth-order valence-electron chi connectivity index (χ4n) is 4.83. The largest absolute Gasteiger partial charge is 0.488 e. The number of imidazole rings is 1. The zero-order valence-electron chi connectivity index (χ0n) is 19.3. The molecule has 0 aliphatic carbocycles. The third kappa shape index (κ3) is 4.02. The molecule has 0 spiro atoms. The minimum atomic E-state index is -1.53. The molecular weight excluding hydrogens is 415 g/mol. The second-order valence-electron chi connectivity index (χ2n) is 8.89. The van der Waals surface area contributed by atoms with Crippen LogP contribution >= 0.6 is 0 Å². The molecule has 0 amide bonds. The van der Waals surface area contributed by atoms with E-state index in [1.54, 1.807) is 12.1 Å². The van der Waals surface area contributed by atoms with Gasteiger partial charge in [0.2, 0.25) is 0 Å². The third-order valence-corrected chi connectivity index (χ3v) is 6.63. The van der Waals surface area contributed by atoms with Crippen molar-refractivity contribution in [2.75, 3.05) is 4.90 Å². The molecule has 3 aromatic heterocycles. The van der Waals surface area contributed by atoms with Crippen molar-refractivity contribution in [3.05, 3.63) is 54.5 Å². The molecule has 33 heavy (non-hydrogen) atoms. The van der Waals surface area contributed by atoms with Crippen LogP contribution in [-0.4, -0.2) is 53.6 Å². The molecule has 9 heteroatoms. The molecule has 2 N–H and O–H groups in total. The Morgan fingerprint density at radius 1 is 1.06 bits per heavy atom. The highest BCUT2D eigenvalue weighted by molar-refractivity contribution is 6.58. The molecule has 0 radical (unpaired) electrons. The Kier molecular flexibility index (Phi) is 5.68. The SMILES string of the molecule is CCn1ccc(Cn2c(-c3ccc(N4[C@@H](C)CC[C@@H]4C)nc3)nc3cc(B(O)O)ccc32)n1. The minimum absolute atomic E-state index is 0.416. The fourth-order valence-corrected chi connectivity index (χ4v) is 4.83. The van der Waals surface area contributed by atoms with E-state index in [0.29, 0.717) is 29.6 Å². The number of rotatable bonds is 6. The van der Waals surface area contributed by atoms with Crippen molar-refractivity contribution < 1.29 is 10.0 Å². The van der Waals surface area contributed by atoms with E-state index in [2.05, 4.69) is 47.5 Å². The summed E-state index contributed by atoms with van der Waals surface area (Å²) in [5, 5.41) is 23.9. The van der Waals surface area contributed by atoms with E-state index in [1.165, 1.54) is 12.8 Å². The lowest BCUT2D eigenvalue weighted by atomic mass is 9.80. The lowest BCUT2D eigenvalue weighted by Gasteiger charge is -2.27. The molecular formula is C24H29BN6O2. The van der Waals surface area contributed by atoms with Gasteiger partial charge in [0.15, 0.2) is 0 Å². The molecule has 1 fully saturated rings. The first-order valence-corrected chi connectivity index (χ1v) is 11.6. The van der Waals surface area contributed by atoms with Crippen molar-refractivity contribution in [2.24, 2.45) is 0 Å². The standard InChI is InChI=1S/C24H29BN6O2/c1-4-29-12-11-20(28-29)15-30-22-9-8-19(25(32)33)13-21(22)27-24(30)18-7-10-23(26-14-18)31-16(2)5-6-17(31)3/h7-14,16-17,32-33H,4-6,15H2,1-3H3/t16-,17-/m0/s1. The summed E-state index contributed by atoms with van der Waals surface area (Å²) in [6, 6.07) is 12.5. The second-order valence-corrected chi connectivity index (χ2v) is 8.89. The zero-order chi connectivity index (χ0) is 23.1. The lowest BCUT2D eigenvalue weighted by Crippen LogP contribution is -2.33. The van der Waals surface area contributed by atoms with Gasteiger partial charge in [-0.2, -0.15) is 5.10 Å². The third-order valence-electron chi connectivity index (χ3n) is 6.63. The summed E-state index contributed by atoms with van der Waals surface area (Å²) in [6.45, 7) is 7.93. The summed E-state index contributed by atoms with van der Waals surface area (Å²) in [7, 11) is -1.53. The Bertz CT molecular complexity index is 1260. The predicted octanol–water partition coefficient (Wildman–Crippen LogP) is 2.42. The number of pyridine rings is 1. The van der Waals surface area contributed by atoms with Crippen LogP contribution in [0.2, 0.25) is 0 Å². The van der Waals surface area contributed by atoms with Crippen molar-refractivity contribution in [1.29, 1.82) is 0 Å². The molecule has 1 aliphatic heterocycles. The van der Waals surface area contributed by atoms with E-state index in [0.717, 1.165) is 35.0 Å². The molecule has 4 heterocycles. The van der Waals surface area contributed by atoms with Gasteiger partial charge in [-0.25, -0.2) is 9.97 Å². The monoisotopic (exact) mass is 444 g/mol. The molecule has 1 aliphatic rings. The normalized spacial score (nSPS) is 18.4. The molecule has 5 rings (SSSR count). The van der Waals surface area contributed by atoms with E-state index in [9.17, 15) is 10.0 Å². The Balaban J connectivity index is 1.57. The van der Waals surface area contributed by atoms with E-state index in [1.807, 2.05) is 29.2 Å². The summed E-state index contributed by atoms with van der Waals surface area (Å²) in [4.78, 5) is 12.0. The van der Waals surface area contributed by atoms with Gasteiger partial charge < -0.3 is 19.5 Å². The van der Waals surface area contributed by atoms with Gasteiger partial charge in [0.1, 0.15) is 11.6 Å². The van der Waals surface area contributed by atoms with Crippen molar-refractivity contribution >= 4 is 29.4 Å². The van der Waals surface area contributed by atoms with Gasteiger partial charge in [-0.3, -0.25) is 4.68 Å². The predicted molar refractivity (Wildman–Crippen MR) is 130 cm³/mol. The van der Waals surface area contributed by atoms with Crippen LogP contribution in [0.4, 0.5) is 5.82 Å². The van der Waals surface area contributed by atoms with Gasteiger partial charge in [0, 0.05) is 36.6 Å². The van der Waals surface area contributed by atoms with Gasteiger partial charge in [-0.05, 0) is 69.4 Å². The molecule has 8 nitrogen and oxygen atoms in total. The van der Waals surface area contributed by atoms with Crippen molar-refractivity contribution in [2.45, 2.75) is 58.8 Å². The number of anilines is 1. The molecule has 4 aromatic rings. The van der Waals surface area contributed by atoms with Crippen molar-refractivity contribution in [1.82, 2.24) is 24.3 Å². The summed E-state index contributed by atoms with van der Waals surface area (Å²) in [5.41, 5.74) is 3.88. The van der Waals surface area contributed by atoms with Crippen LogP contribution in [0.3, 0.4) is 0 Å². The smallest absolute Gasteiger partial charge is 0.423 e. The van der Waals surface area contributed by atoms with Gasteiger partial charge in [-0.15, -0.1) is 0 Å². The average molecular weight is 444 g/mol.